The number of anilines is 1. The number of rotatable bonds is 4. The number of nitrogens with zero attached hydrogens (tertiary/aromatic N) is 4. The van der Waals surface area contributed by atoms with Gasteiger partial charge in [-0.25, -0.2) is 9.97 Å². The molecule has 0 radical (unpaired) electrons. The van der Waals surface area contributed by atoms with Gasteiger partial charge in [-0.05, 0) is 19.3 Å². The van der Waals surface area contributed by atoms with E-state index in [0.717, 1.165) is 31.5 Å². The molecule has 2 aliphatic heterocycles. The summed E-state index contributed by atoms with van der Waals surface area (Å²) in [5.41, 5.74) is 7.13. The second-order valence-corrected chi connectivity index (χ2v) is 7.66. The molecule has 1 atom stereocenters. The first-order chi connectivity index (χ1) is 13.5. The number of carbonyl (C=O) groups is 2. The van der Waals surface area contributed by atoms with Crippen LogP contribution in [-0.4, -0.2) is 57.8 Å². The molecule has 2 saturated heterocycles. The van der Waals surface area contributed by atoms with Crippen molar-refractivity contribution in [1.82, 2.24) is 19.8 Å². The van der Waals surface area contributed by atoms with Gasteiger partial charge in [0.1, 0.15) is 0 Å². The Morgan fingerprint density at radius 1 is 1.21 bits per heavy atom. The molecule has 0 saturated carbocycles. The minimum Gasteiger partial charge on any atom is -0.368 e. The smallest absolute Gasteiger partial charge is 0.257 e. The van der Waals surface area contributed by atoms with Gasteiger partial charge in [0, 0.05) is 37.9 Å². The lowest BCUT2D eigenvalue weighted by Gasteiger charge is -2.24. The molecule has 0 bridgehead atoms. The molecular weight excluding hydrogens is 354 g/mol. The van der Waals surface area contributed by atoms with E-state index in [1.807, 2.05) is 35.2 Å². The molecule has 1 aromatic carbocycles. The van der Waals surface area contributed by atoms with Crippen LogP contribution in [0.3, 0.4) is 0 Å². The van der Waals surface area contributed by atoms with Gasteiger partial charge in [-0.2, -0.15) is 0 Å². The molecule has 1 spiro atoms. The summed E-state index contributed by atoms with van der Waals surface area (Å²) in [6.07, 6.45) is 3.99. The third-order valence-electron chi connectivity index (χ3n) is 5.82. The van der Waals surface area contributed by atoms with Crippen LogP contribution in [0.5, 0.6) is 0 Å². The molecule has 4 rings (SSSR count). The molecule has 1 aromatic heterocycles. The third kappa shape index (κ3) is 3.10. The lowest BCUT2D eigenvalue weighted by molar-refractivity contribution is -0.135. The molecule has 2 aliphatic rings. The quantitative estimate of drug-likeness (QED) is 0.879. The average Bonchev–Trinajstić information content (AvgIpc) is 3.28. The summed E-state index contributed by atoms with van der Waals surface area (Å²) in [7, 11) is 0. The van der Waals surface area contributed by atoms with Crippen molar-refractivity contribution in [2.24, 2.45) is 5.41 Å². The Morgan fingerprint density at radius 2 is 1.96 bits per heavy atom. The standard InChI is InChI=1S/C21H25N5O2/c1-2-10-25-11-8-21(19(25)28)9-12-26(14-21)18(27)16-13-23-20(22)24-17(16)15-6-4-3-5-7-15/h3-7,13H,2,8-12,14H2,1H3,(H2,22,23,24). The van der Waals surface area contributed by atoms with E-state index in [0.29, 0.717) is 30.8 Å². The highest BCUT2D eigenvalue weighted by molar-refractivity contribution is 6.00. The van der Waals surface area contributed by atoms with Crippen LogP contribution in [0.15, 0.2) is 36.5 Å². The number of nitrogens with two attached hydrogens (primary N) is 1. The van der Waals surface area contributed by atoms with E-state index in [4.69, 9.17) is 5.73 Å². The first-order valence-corrected chi connectivity index (χ1v) is 9.81. The Hall–Kier alpha value is -2.96. The minimum absolute atomic E-state index is 0.134. The van der Waals surface area contributed by atoms with Crippen LogP contribution in [0.1, 0.15) is 36.5 Å². The van der Waals surface area contributed by atoms with E-state index in [2.05, 4.69) is 16.9 Å². The topological polar surface area (TPSA) is 92.4 Å². The molecule has 7 nitrogen and oxygen atoms in total. The highest BCUT2D eigenvalue weighted by Gasteiger charge is 2.51. The largest absolute Gasteiger partial charge is 0.368 e. The minimum atomic E-state index is -0.424. The van der Waals surface area contributed by atoms with Gasteiger partial charge in [-0.1, -0.05) is 37.3 Å². The maximum atomic E-state index is 13.3. The van der Waals surface area contributed by atoms with E-state index < -0.39 is 5.41 Å². The van der Waals surface area contributed by atoms with E-state index in [9.17, 15) is 9.59 Å². The van der Waals surface area contributed by atoms with Crippen LogP contribution in [0.4, 0.5) is 5.95 Å². The molecule has 2 amide bonds. The Kier molecular flexibility index (Phi) is 4.75. The van der Waals surface area contributed by atoms with Gasteiger partial charge in [-0.15, -0.1) is 0 Å². The van der Waals surface area contributed by atoms with Crippen LogP contribution in [-0.2, 0) is 4.79 Å². The SMILES string of the molecule is CCCN1CCC2(CCN(C(=O)c3cnc(N)nc3-c3ccccc3)C2)C1=O. The van der Waals surface area contributed by atoms with Crippen molar-refractivity contribution in [3.63, 3.8) is 0 Å². The number of likely N-dealkylation sites (tertiary alicyclic amines) is 2. The monoisotopic (exact) mass is 379 g/mol. The fourth-order valence-electron chi connectivity index (χ4n) is 4.34. The molecule has 0 aliphatic carbocycles. The van der Waals surface area contributed by atoms with Gasteiger partial charge in [0.15, 0.2) is 0 Å². The number of carbonyl (C=O) groups excluding carboxylic acids is 2. The molecule has 3 heterocycles. The normalized spacial score (nSPS) is 21.7. The van der Waals surface area contributed by atoms with Crippen LogP contribution in [0.2, 0.25) is 0 Å². The molecule has 146 valence electrons. The van der Waals surface area contributed by atoms with Crippen molar-refractivity contribution in [2.75, 3.05) is 31.9 Å². The number of hydrogen-bond acceptors (Lipinski definition) is 5. The predicted octanol–water partition coefficient (Wildman–Crippen LogP) is 2.20. The van der Waals surface area contributed by atoms with Crippen LogP contribution in [0, 0.1) is 5.41 Å². The Bertz CT molecular complexity index is 901. The summed E-state index contributed by atoms with van der Waals surface area (Å²) in [5, 5.41) is 0. The first kappa shape index (κ1) is 18.4. The average molecular weight is 379 g/mol. The van der Waals surface area contributed by atoms with Gasteiger partial charge < -0.3 is 15.5 Å². The summed E-state index contributed by atoms with van der Waals surface area (Å²) >= 11 is 0. The second kappa shape index (κ2) is 7.22. The summed E-state index contributed by atoms with van der Waals surface area (Å²) in [4.78, 5) is 38.3. The van der Waals surface area contributed by atoms with E-state index >= 15 is 0 Å². The van der Waals surface area contributed by atoms with Gasteiger partial charge >= 0.3 is 0 Å². The number of amides is 2. The number of benzene rings is 1. The van der Waals surface area contributed by atoms with Crippen LogP contribution in [0.25, 0.3) is 11.3 Å². The summed E-state index contributed by atoms with van der Waals surface area (Å²) < 4.78 is 0. The lowest BCUT2D eigenvalue weighted by atomic mass is 9.85. The highest BCUT2D eigenvalue weighted by atomic mass is 16.2. The predicted molar refractivity (Wildman–Crippen MR) is 106 cm³/mol. The third-order valence-corrected chi connectivity index (χ3v) is 5.82. The number of hydrogen-bond donors (Lipinski definition) is 1. The zero-order valence-electron chi connectivity index (χ0n) is 16.1. The molecule has 2 aromatic rings. The van der Waals surface area contributed by atoms with Crippen molar-refractivity contribution in [3.05, 3.63) is 42.1 Å². The molecule has 1 unspecified atom stereocenters. The first-order valence-electron chi connectivity index (χ1n) is 9.81. The zero-order valence-corrected chi connectivity index (χ0v) is 16.1. The van der Waals surface area contributed by atoms with Crippen LogP contribution >= 0.6 is 0 Å². The number of nitrogen functional groups attached to an aromatic ring is 1. The van der Waals surface area contributed by atoms with E-state index in [-0.39, 0.29) is 17.8 Å². The fraction of sp³-hybridized carbons (Fsp3) is 0.429. The van der Waals surface area contributed by atoms with Crippen molar-refractivity contribution >= 4 is 17.8 Å². The highest BCUT2D eigenvalue weighted by Crippen LogP contribution is 2.41. The Morgan fingerprint density at radius 3 is 2.71 bits per heavy atom. The van der Waals surface area contributed by atoms with Gasteiger partial charge in [0.05, 0.1) is 16.7 Å². The molecule has 2 N–H and O–H groups in total. The van der Waals surface area contributed by atoms with Gasteiger partial charge in [0.25, 0.3) is 5.91 Å². The van der Waals surface area contributed by atoms with Crippen molar-refractivity contribution in [3.8, 4) is 11.3 Å². The maximum absolute atomic E-state index is 13.3. The Balaban J connectivity index is 1.59. The molecule has 7 heteroatoms. The van der Waals surface area contributed by atoms with Crippen molar-refractivity contribution in [2.45, 2.75) is 26.2 Å². The second-order valence-electron chi connectivity index (χ2n) is 7.66. The summed E-state index contributed by atoms with van der Waals surface area (Å²) in [6.45, 7) is 4.69. The van der Waals surface area contributed by atoms with Crippen LogP contribution < -0.4 is 5.73 Å². The fourth-order valence-corrected chi connectivity index (χ4v) is 4.34. The number of aromatic nitrogens is 2. The summed E-state index contributed by atoms with van der Waals surface area (Å²) in [6, 6.07) is 9.49. The maximum Gasteiger partial charge on any atom is 0.257 e. The summed E-state index contributed by atoms with van der Waals surface area (Å²) in [5.74, 6) is 0.188. The van der Waals surface area contributed by atoms with E-state index in [1.54, 1.807) is 4.90 Å². The lowest BCUT2D eigenvalue weighted by Crippen LogP contribution is -2.38. The Labute approximate surface area is 164 Å². The van der Waals surface area contributed by atoms with Crippen molar-refractivity contribution in [1.29, 1.82) is 0 Å². The van der Waals surface area contributed by atoms with E-state index in [1.165, 1.54) is 6.20 Å². The van der Waals surface area contributed by atoms with Gasteiger partial charge in [-0.3, -0.25) is 9.59 Å². The van der Waals surface area contributed by atoms with Gasteiger partial charge in [0.2, 0.25) is 11.9 Å². The molecule has 28 heavy (non-hydrogen) atoms. The van der Waals surface area contributed by atoms with Crippen molar-refractivity contribution < 1.29 is 9.59 Å². The molecule has 2 fully saturated rings. The zero-order chi connectivity index (χ0) is 19.7. The molecular formula is C21H25N5O2.